The smallest absolute Gasteiger partial charge is 0.337 e. The number of carbonyl (C=O) groups excluding carboxylic acids is 1. The molecule has 1 aromatic rings. The van der Waals surface area contributed by atoms with E-state index in [-0.39, 0.29) is 0 Å². The summed E-state index contributed by atoms with van der Waals surface area (Å²) in [6.07, 6.45) is 0. The number of hydrogen-bond acceptors (Lipinski definition) is 3. The molecule has 3 N–H and O–H groups in total. The minimum atomic E-state index is -2.06. The second kappa shape index (κ2) is 4.97. The first-order chi connectivity index (χ1) is 7.85. The molecule has 0 spiro atoms. The van der Waals surface area contributed by atoms with Crippen LogP contribution in [0.4, 0.5) is 0 Å². The summed E-state index contributed by atoms with van der Waals surface area (Å²) < 4.78 is 0. The molecular formula is C12H15NO4. The van der Waals surface area contributed by atoms with Crippen molar-refractivity contribution in [2.75, 3.05) is 0 Å². The molecule has 92 valence electrons. The fourth-order valence-corrected chi connectivity index (χ4v) is 1.52. The van der Waals surface area contributed by atoms with Crippen LogP contribution in [0.15, 0.2) is 30.3 Å². The largest absolute Gasteiger partial charge is 0.479 e. The normalized spacial score (nSPS) is 15.7. The van der Waals surface area contributed by atoms with Crippen molar-refractivity contribution in [1.29, 1.82) is 0 Å². The van der Waals surface area contributed by atoms with E-state index in [2.05, 4.69) is 5.32 Å². The molecule has 0 heterocycles. The van der Waals surface area contributed by atoms with Gasteiger partial charge in [-0.25, -0.2) is 4.79 Å². The van der Waals surface area contributed by atoms with E-state index in [1.165, 1.54) is 6.92 Å². The number of carboxylic acid groups (broad SMARTS) is 1. The van der Waals surface area contributed by atoms with Gasteiger partial charge in [0.1, 0.15) is 0 Å². The number of hydrogen-bond donors (Lipinski definition) is 3. The van der Waals surface area contributed by atoms with Gasteiger partial charge in [0.15, 0.2) is 5.60 Å². The molecule has 0 aliphatic heterocycles. The Balaban J connectivity index is 3.13. The van der Waals surface area contributed by atoms with Crippen molar-refractivity contribution >= 4 is 11.9 Å². The van der Waals surface area contributed by atoms with Crippen LogP contribution in [0.2, 0.25) is 0 Å². The van der Waals surface area contributed by atoms with Gasteiger partial charge < -0.3 is 15.5 Å². The summed E-state index contributed by atoms with van der Waals surface area (Å²) in [6, 6.07) is 7.50. The third kappa shape index (κ3) is 3.04. The van der Waals surface area contributed by atoms with E-state index in [1.54, 1.807) is 30.3 Å². The molecule has 0 bridgehead atoms. The van der Waals surface area contributed by atoms with Crippen LogP contribution in [-0.4, -0.2) is 27.7 Å². The number of carboxylic acids is 1. The van der Waals surface area contributed by atoms with E-state index >= 15 is 0 Å². The molecule has 1 amide bonds. The van der Waals surface area contributed by atoms with Crippen LogP contribution in [0.5, 0.6) is 0 Å². The first kappa shape index (κ1) is 13.2. The maximum atomic E-state index is 11.1. The number of benzene rings is 1. The highest BCUT2D eigenvalue weighted by molar-refractivity contribution is 5.80. The number of carbonyl (C=O) groups is 2. The zero-order valence-electron chi connectivity index (χ0n) is 9.68. The summed E-state index contributed by atoms with van der Waals surface area (Å²) in [5.41, 5.74) is -1.53. The topological polar surface area (TPSA) is 86.6 Å². The fourth-order valence-electron chi connectivity index (χ4n) is 1.52. The molecule has 0 aromatic heterocycles. The number of amides is 1. The Morgan fingerprint density at radius 3 is 2.24 bits per heavy atom. The molecule has 2 atom stereocenters. The first-order valence-electron chi connectivity index (χ1n) is 5.13. The Hall–Kier alpha value is -1.88. The highest BCUT2D eigenvalue weighted by atomic mass is 16.4. The van der Waals surface area contributed by atoms with Gasteiger partial charge in [-0.2, -0.15) is 0 Å². The molecule has 0 aliphatic rings. The van der Waals surface area contributed by atoms with Gasteiger partial charge in [-0.3, -0.25) is 4.79 Å². The van der Waals surface area contributed by atoms with E-state index in [9.17, 15) is 14.7 Å². The van der Waals surface area contributed by atoms with Crippen molar-refractivity contribution in [2.24, 2.45) is 0 Å². The van der Waals surface area contributed by atoms with Crippen LogP contribution in [-0.2, 0) is 9.59 Å². The van der Waals surface area contributed by atoms with E-state index in [0.717, 1.165) is 6.92 Å². The zero-order valence-corrected chi connectivity index (χ0v) is 9.68. The lowest BCUT2D eigenvalue weighted by Crippen LogP contribution is -2.49. The molecule has 0 saturated carbocycles. The van der Waals surface area contributed by atoms with Gasteiger partial charge in [-0.15, -0.1) is 0 Å². The van der Waals surface area contributed by atoms with Gasteiger partial charge >= 0.3 is 5.97 Å². The number of aliphatic hydroxyl groups is 1. The Labute approximate surface area is 99.1 Å². The number of nitrogens with one attached hydrogen (secondary N) is 1. The highest BCUT2D eigenvalue weighted by Crippen LogP contribution is 2.26. The van der Waals surface area contributed by atoms with Crippen molar-refractivity contribution in [3.05, 3.63) is 35.9 Å². The lowest BCUT2D eigenvalue weighted by molar-refractivity contribution is -0.160. The molecule has 1 rings (SSSR count). The second-order valence-electron chi connectivity index (χ2n) is 4.00. The maximum Gasteiger partial charge on any atom is 0.337 e. The van der Waals surface area contributed by atoms with Crippen LogP contribution in [0, 0.1) is 0 Å². The number of aliphatic carboxylic acids is 1. The van der Waals surface area contributed by atoms with Gasteiger partial charge in [0, 0.05) is 6.92 Å². The Kier molecular flexibility index (Phi) is 3.85. The van der Waals surface area contributed by atoms with E-state index in [4.69, 9.17) is 5.11 Å². The average molecular weight is 237 g/mol. The molecule has 1 aromatic carbocycles. The van der Waals surface area contributed by atoms with E-state index < -0.39 is 23.5 Å². The fraction of sp³-hybridized carbons (Fsp3) is 0.333. The molecular weight excluding hydrogens is 222 g/mol. The van der Waals surface area contributed by atoms with E-state index in [0.29, 0.717) is 5.56 Å². The van der Waals surface area contributed by atoms with Crippen molar-refractivity contribution in [3.8, 4) is 0 Å². The summed E-state index contributed by atoms with van der Waals surface area (Å²) in [7, 11) is 0. The van der Waals surface area contributed by atoms with Gasteiger partial charge in [-0.05, 0) is 12.5 Å². The quantitative estimate of drug-likeness (QED) is 0.719. The summed E-state index contributed by atoms with van der Waals surface area (Å²) in [6.45, 7) is 2.43. The lowest BCUT2D eigenvalue weighted by atomic mass is 9.90. The molecule has 2 unspecified atom stereocenters. The summed E-state index contributed by atoms with van der Waals surface area (Å²) >= 11 is 0. The van der Waals surface area contributed by atoms with Gasteiger partial charge in [-0.1, -0.05) is 30.3 Å². The Morgan fingerprint density at radius 2 is 1.82 bits per heavy atom. The molecule has 0 aliphatic carbocycles. The molecule has 0 fully saturated rings. The first-order valence-corrected chi connectivity index (χ1v) is 5.13. The van der Waals surface area contributed by atoms with Crippen molar-refractivity contribution < 1.29 is 19.8 Å². The van der Waals surface area contributed by atoms with E-state index in [1.807, 2.05) is 0 Å². The predicted molar refractivity (Wildman–Crippen MR) is 61.3 cm³/mol. The Bertz CT molecular complexity index is 414. The van der Waals surface area contributed by atoms with Gasteiger partial charge in [0.05, 0.1) is 6.04 Å². The molecule has 5 heteroatoms. The molecule has 0 radical (unpaired) electrons. The second-order valence-corrected chi connectivity index (χ2v) is 4.00. The highest BCUT2D eigenvalue weighted by Gasteiger charge is 2.41. The molecule has 17 heavy (non-hydrogen) atoms. The van der Waals surface area contributed by atoms with Gasteiger partial charge in [0.25, 0.3) is 0 Å². The van der Waals surface area contributed by atoms with Crippen LogP contribution in [0.3, 0.4) is 0 Å². The average Bonchev–Trinajstić information content (AvgIpc) is 2.26. The minimum Gasteiger partial charge on any atom is -0.479 e. The van der Waals surface area contributed by atoms with Crippen molar-refractivity contribution in [1.82, 2.24) is 5.32 Å². The predicted octanol–water partition coefficient (Wildman–Crippen LogP) is 0.699. The standard InChI is InChI=1S/C12H15NO4/c1-8(14)13-10(12(2,17)11(15)16)9-6-4-3-5-7-9/h3-7,10,17H,1-2H3,(H,13,14)(H,15,16). The van der Waals surface area contributed by atoms with Gasteiger partial charge in [0.2, 0.25) is 5.91 Å². The molecule has 0 saturated heterocycles. The van der Waals surface area contributed by atoms with Crippen LogP contribution in [0.25, 0.3) is 0 Å². The third-order valence-corrected chi connectivity index (χ3v) is 2.48. The van der Waals surface area contributed by atoms with Crippen LogP contribution in [0.1, 0.15) is 25.5 Å². The lowest BCUT2D eigenvalue weighted by Gasteiger charge is -2.29. The Morgan fingerprint density at radius 1 is 1.29 bits per heavy atom. The minimum absolute atomic E-state index is 0.402. The maximum absolute atomic E-state index is 11.1. The third-order valence-electron chi connectivity index (χ3n) is 2.48. The van der Waals surface area contributed by atoms with Crippen LogP contribution >= 0.6 is 0 Å². The summed E-state index contributed by atoms with van der Waals surface area (Å²) in [4.78, 5) is 22.1. The SMILES string of the molecule is CC(=O)NC(c1ccccc1)C(C)(O)C(=O)O. The van der Waals surface area contributed by atoms with Crippen molar-refractivity contribution in [3.63, 3.8) is 0 Å². The monoisotopic (exact) mass is 237 g/mol. The zero-order chi connectivity index (χ0) is 13.1. The summed E-state index contributed by atoms with van der Waals surface area (Å²) in [5, 5.41) is 21.4. The molecule has 5 nitrogen and oxygen atoms in total. The number of rotatable bonds is 4. The van der Waals surface area contributed by atoms with Crippen LogP contribution < -0.4 is 5.32 Å². The summed E-state index contributed by atoms with van der Waals surface area (Å²) in [5.74, 6) is -1.79. The van der Waals surface area contributed by atoms with Crippen molar-refractivity contribution in [2.45, 2.75) is 25.5 Å².